The van der Waals surface area contributed by atoms with Gasteiger partial charge < -0.3 is 13.3 Å². The van der Waals surface area contributed by atoms with Crippen LogP contribution in [0.25, 0.3) is 0 Å². The minimum absolute atomic E-state index is 0.510. The van der Waals surface area contributed by atoms with Crippen LogP contribution in [0.3, 0.4) is 0 Å². The van der Waals surface area contributed by atoms with Crippen LogP contribution in [0.1, 0.15) is 20.8 Å². The monoisotopic (exact) mass is 347 g/mol. The summed E-state index contributed by atoms with van der Waals surface area (Å²) < 4.78 is 17.0. The van der Waals surface area contributed by atoms with Crippen molar-refractivity contribution >= 4 is 35.7 Å². The van der Waals surface area contributed by atoms with E-state index < -0.39 is 8.80 Å². The first-order valence-corrected chi connectivity index (χ1v) is 10.9. The second kappa shape index (κ2) is 11.2. The molecule has 9 heteroatoms. The third kappa shape index (κ3) is 6.45. The average Bonchev–Trinajstić information content (AvgIpc) is 3.08. The summed E-state index contributed by atoms with van der Waals surface area (Å²) in [6.07, 6.45) is 3.72. The Morgan fingerprint density at radius 2 is 1.81 bits per heavy atom. The molecule has 2 rings (SSSR count). The zero-order valence-electron chi connectivity index (χ0n) is 12.5. The summed E-state index contributed by atoms with van der Waals surface area (Å²) in [4.78, 5) is 0. The van der Waals surface area contributed by atoms with Gasteiger partial charge in [0.2, 0.25) is 0 Å². The fourth-order valence-electron chi connectivity index (χ4n) is 1.52. The van der Waals surface area contributed by atoms with Crippen molar-refractivity contribution in [1.82, 2.24) is 15.4 Å². The standard InChI is InChI=1S/C9H17N3O3Si.C3H4S2/c1-4-13-16(14-5-2,15-6-3)9-7-8-10-12-11-9;1-2-4-5-3-1/h7-8H,4-6H2,1-3H3;1-2H,3H2. The Morgan fingerprint density at radius 1 is 1.14 bits per heavy atom. The van der Waals surface area contributed by atoms with Crippen LogP contribution < -0.4 is 5.32 Å². The highest BCUT2D eigenvalue weighted by Crippen LogP contribution is 2.27. The fourth-order valence-corrected chi connectivity index (χ4v) is 5.37. The summed E-state index contributed by atoms with van der Waals surface area (Å²) in [5.41, 5.74) is 0. The Hall–Kier alpha value is -0.453. The van der Waals surface area contributed by atoms with E-state index >= 15 is 0 Å². The van der Waals surface area contributed by atoms with Crippen LogP contribution in [-0.4, -0.2) is 49.8 Å². The van der Waals surface area contributed by atoms with E-state index in [9.17, 15) is 0 Å². The minimum atomic E-state index is -2.89. The first-order chi connectivity index (χ1) is 10.3. The second-order valence-electron chi connectivity index (χ2n) is 3.61. The van der Waals surface area contributed by atoms with E-state index in [2.05, 4.69) is 26.9 Å². The van der Waals surface area contributed by atoms with E-state index in [1.165, 1.54) is 5.75 Å². The highest BCUT2D eigenvalue weighted by molar-refractivity contribution is 8.78. The first kappa shape index (κ1) is 18.6. The maximum atomic E-state index is 5.66. The van der Waals surface area contributed by atoms with E-state index in [-0.39, 0.29) is 0 Å². The van der Waals surface area contributed by atoms with Gasteiger partial charge in [0.05, 0.1) is 6.20 Å². The van der Waals surface area contributed by atoms with Crippen molar-refractivity contribution < 1.29 is 13.3 Å². The van der Waals surface area contributed by atoms with Crippen molar-refractivity contribution in [2.75, 3.05) is 25.6 Å². The molecule has 0 aliphatic carbocycles. The van der Waals surface area contributed by atoms with Crippen LogP contribution in [0, 0.1) is 0 Å². The lowest BCUT2D eigenvalue weighted by molar-refractivity contribution is 0.0847. The molecule has 0 spiro atoms. The molecule has 0 saturated carbocycles. The molecule has 0 amide bonds. The van der Waals surface area contributed by atoms with Gasteiger partial charge in [-0.05, 0) is 37.5 Å². The van der Waals surface area contributed by atoms with Crippen LogP contribution in [0.2, 0.25) is 0 Å². The maximum Gasteiger partial charge on any atom is 0.558 e. The summed E-state index contributed by atoms with van der Waals surface area (Å²) in [6, 6.07) is 1.72. The Kier molecular flexibility index (Phi) is 9.88. The minimum Gasteiger partial charge on any atom is -0.369 e. The molecule has 1 aromatic heterocycles. The van der Waals surface area contributed by atoms with E-state index in [0.29, 0.717) is 25.1 Å². The lowest BCUT2D eigenvalue weighted by atomic mass is 10.7. The molecular formula is C12H21N3O3S2Si. The molecule has 1 aliphatic heterocycles. The van der Waals surface area contributed by atoms with E-state index in [4.69, 9.17) is 13.3 Å². The third-order valence-electron chi connectivity index (χ3n) is 2.20. The summed E-state index contributed by atoms with van der Waals surface area (Å²) in [5, 5.41) is 13.9. The van der Waals surface area contributed by atoms with Crippen molar-refractivity contribution in [3.63, 3.8) is 0 Å². The molecule has 0 atom stereocenters. The number of nitrogens with zero attached hydrogens (tertiary/aromatic N) is 3. The molecule has 1 aromatic rings. The summed E-state index contributed by atoms with van der Waals surface area (Å²) in [5.74, 6) is 1.20. The van der Waals surface area contributed by atoms with Gasteiger partial charge in [-0.2, -0.15) is 0 Å². The van der Waals surface area contributed by atoms with Gasteiger partial charge in [-0.25, -0.2) is 0 Å². The molecule has 0 unspecified atom stereocenters. The van der Waals surface area contributed by atoms with Crippen LogP contribution in [0.4, 0.5) is 0 Å². The normalized spacial score (nSPS) is 13.9. The highest BCUT2D eigenvalue weighted by atomic mass is 33.1. The molecule has 0 fully saturated rings. The molecule has 2 heterocycles. The van der Waals surface area contributed by atoms with Crippen LogP contribution in [0.5, 0.6) is 0 Å². The third-order valence-corrected chi connectivity index (χ3v) is 7.02. The van der Waals surface area contributed by atoms with Gasteiger partial charge in [0.25, 0.3) is 0 Å². The topological polar surface area (TPSA) is 66.4 Å². The van der Waals surface area contributed by atoms with Gasteiger partial charge in [-0.15, -0.1) is 10.2 Å². The summed E-state index contributed by atoms with van der Waals surface area (Å²) in [7, 11) is 0.805. The van der Waals surface area contributed by atoms with Crippen LogP contribution in [-0.2, 0) is 13.3 Å². The van der Waals surface area contributed by atoms with Gasteiger partial charge in [0.15, 0.2) is 0 Å². The number of hydrogen-bond acceptors (Lipinski definition) is 8. The van der Waals surface area contributed by atoms with Gasteiger partial charge in [-0.1, -0.05) is 27.7 Å². The van der Waals surface area contributed by atoms with Crippen LogP contribution in [0.15, 0.2) is 23.7 Å². The molecule has 1 aliphatic rings. The molecule has 118 valence electrons. The maximum absolute atomic E-state index is 5.66. The van der Waals surface area contributed by atoms with Crippen LogP contribution >= 0.6 is 21.6 Å². The molecule has 6 nitrogen and oxygen atoms in total. The molecule has 0 aromatic carbocycles. The van der Waals surface area contributed by atoms with Gasteiger partial charge in [-0.3, -0.25) is 0 Å². The number of hydrogen-bond donors (Lipinski definition) is 0. The number of aromatic nitrogens is 3. The van der Waals surface area contributed by atoms with E-state index in [0.717, 1.165) is 0 Å². The fraction of sp³-hybridized carbons (Fsp3) is 0.583. The predicted molar refractivity (Wildman–Crippen MR) is 89.3 cm³/mol. The quantitative estimate of drug-likeness (QED) is 0.548. The average molecular weight is 348 g/mol. The predicted octanol–water partition coefficient (Wildman–Crippen LogP) is 2.02. The van der Waals surface area contributed by atoms with E-state index in [1.807, 2.05) is 42.4 Å². The number of rotatable bonds is 7. The summed E-state index contributed by atoms with van der Waals surface area (Å²) >= 11 is 0. The van der Waals surface area contributed by atoms with E-state index in [1.54, 1.807) is 12.3 Å². The van der Waals surface area contributed by atoms with Gasteiger partial charge in [0.1, 0.15) is 5.32 Å². The SMILES string of the molecule is C1=CSSC1.CCO[Si](OCC)(OCC)c1ccnnn1. The zero-order chi connectivity index (χ0) is 15.4. The van der Waals surface area contributed by atoms with Crippen molar-refractivity contribution in [1.29, 1.82) is 0 Å². The van der Waals surface area contributed by atoms with Gasteiger partial charge >= 0.3 is 8.80 Å². The molecule has 0 saturated heterocycles. The van der Waals surface area contributed by atoms with Crippen molar-refractivity contribution in [3.8, 4) is 0 Å². The molecular weight excluding hydrogens is 326 g/mol. The van der Waals surface area contributed by atoms with Gasteiger partial charge in [0, 0.05) is 25.6 Å². The first-order valence-electron chi connectivity index (χ1n) is 6.79. The van der Waals surface area contributed by atoms with Crippen molar-refractivity contribution in [3.05, 3.63) is 23.7 Å². The smallest absolute Gasteiger partial charge is 0.369 e. The van der Waals surface area contributed by atoms with Crippen molar-refractivity contribution in [2.24, 2.45) is 0 Å². The Morgan fingerprint density at radius 3 is 2.14 bits per heavy atom. The Bertz CT molecular complexity index is 389. The molecule has 0 N–H and O–H groups in total. The Balaban J connectivity index is 0.000000369. The largest absolute Gasteiger partial charge is 0.558 e. The zero-order valence-corrected chi connectivity index (χ0v) is 15.2. The van der Waals surface area contributed by atoms with Crippen molar-refractivity contribution in [2.45, 2.75) is 20.8 Å². The molecule has 21 heavy (non-hydrogen) atoms. The molecule has 0 radical (unpaired) electrons. The highest BCUT2D eigenvalue weighted by Gasteiger charge is 2.45. The molecule has 0 bridgehead atoms. The lowest BCUT2D eigenvalue weighted by Crippen LogP contribution is -2.58. The summed E-state index contributed by atoms with van der Waals surface area (Å²) in [6.45, 7) is 7.22. The lowest BCUT2D eigenvalue weighted by Gasteiger charge is -2.26. The second-order valence-corrected chi connectivity index (χ2v) is 8.42. The Labute approximate surface area is 134 Å².